The van der Waals surface area contributed by atoms with Gasteiger partial charge in [0.05, 0.1) is 23.1 Å². The van der Waals surface area contributed by atoms with Crippen molar-refractivity contribution in [3.8, 4) is 0 Å². The number of hydrogen-bond acceptors (Lipinski definition) is 7. The Kier molecular flexibility index (Phi) is 7.43. The molecule has 1 atom stereocenters. The van der Waals surface area contributed by atoms with Gasteiger partial charge >= 0.3 is 12.1 Å². The van der Waals surface area contributed by atoms with E-state index < -0.39 is 28.9 Å². The fourth-order valence-electron chi connectivity index (χ4n) is 2.30. The number of aromatic nitrogens is 2. The maximum absolute atomic E-state index is 13.1. The van der Waals surface area contributed by atoms with Crippen LogP contribution >= 0.6 is 11.8 Å². The van der Waals surface area contributed by atoms with E-state index in [1.54, 1.807) is 13.8 Å². The fraction of sp³-hybridized carbons (Fsp3) is 0.333. The summed E-state index contributed by atoms with van der Waals surface area (Å²) in [6, 6.07) is 4.71. The third-order valence-electron chi connectivity index (χ3n) is 3.69. The third kappa shape index (κ3) is 5.83. The van der Waals surface area contributed by atoms with Gasteiger partial charge in [-0.1, -0.05) is 30.8 Å². The molecule has 1 heterocycles. The number of thioether (sulfide) groups is 1. The van der Waals surface area contributed by atoms with E-state index in [4.69, 9.17) is 10.5 Å². The van der Waals surface area contributed by atoms with Gasteiger partial charge in [-0.3, -0.25) is 4.79 Å². The lowest BCUT2D eigenvalue weighted by atomic mass is 10.1. The maximum Gasteiger partial charge on any atom is 0.418 e. The van der Waals surface area contributed by atoms with E-state index in [0.29, 0.717) is 6.42 Å². The number of rotatable bonds is 7. The first kappa shape index (κ1) is 22.5. The van der Waals surface area contributed by atoms with E-state index >= 15 is 0 Å². The molecule has 3 N–H and O–H groups in total. The van der Waals surface area contributed by atoms with E-state index in [2.05, 4.69) is 15.3 Å². The summed E-state index contributed by atoms with van der Waals surface area (Å²) in [4.78, 5) is 32.2. The molecule has 11 heteroatoms. The molecule has 0 aliphatic rings. The second-order valence-corrected chi connectivity index (χ2v) is 6.89. The quantitative estimate of drug-likeness (QED) is 0.393. The van der Waals surface area contributed by atoms with Crippen LogP contribution in [0.1, 0.15) is 36.2 Å². The van der Waals surface area contributed by atoms with Gasteiger partial charge < -0.3 is 15.8 Å². The molecule has 7 nitrogen and oxygen atoms in total. The second kappa shape index (κ2) is 9.59. The Morgan fingerprint density at radius 2 is 1.97 bits per heavy atom. The van der Waals surface area contributed by atoms with Crippen molar-refractivity contribution in [1.82, 2.24) is 9.97 Å². The summed E-state index contributed by atoms with van der Waals surface area (Å²) in [6.07, 6.45) is -3.11. The van der Waals surface area contributed by atoms with Crippen LogP contribution in [-0.2, 0) is 15.7 Å². The molecular formula is C18H19F3N4O3S. The number of carbonyl (C=O) groups is 2. The van der Waals surface area contributed by atoms with Gasteiger partial charge in [0.2, 0.25) is 5.91 Å². The van der Waals surface area contributed by atoms with Crippen LogP contribution in [0.3, 0.4) is 0 Å². The summed E-state index contributed by atoms with van der Waals surface area (Å²) in [5.41, 5.74) is 4.47. The Bertz CT molecular complexity index is 893. The molecule has 1 aromatic carbocycles. The molecule has 0 fully saturated rings. The zero-order valence-corrected chi connectivity index (χ0v) is 16.4. The highest BCUT2D eigenvalue weighted by molar-refractivity contribution is 8.00. The summed E-state index contributed by atoms with van der Waals surface area (Å²) >= 11 is 0.930. The zero-order chi connectivity index (χ0) is 21.6. The van der Waals surface area contributed by atoms with Gasteiger partial charge in [0.25, 0.3) is 0 Å². The topological polar surface area (TPSA) is 107 Å². The van der Waals surface area contributed by atoms with Gasteiger partial charge in [-0.15, -0.1) is 0 Å². The van der Waals surface area contributed by atoms with Crippen molar-refractivity contribution in [2.24, 2.45) is 0 Å². The van der Waals surface area contributed by atoms with Gasteiger partial charge in [-0.2, -0.15) is 13.2 Å². The SMILES string of the molecule is CCOC(=O)c1cnc(SC(CC)C(=O)Nc2ccccc2C(F)(F)F)nc1N. The predicted molar refractivity (Wildman–Crippen MR) is 102 cm³/mol. The number of esters is 1. The molecular weight excluding hydrogens is 409 g/mol. The summed E-state index contributed by atoms with van der Waals surface area (Å²) in [5.74, 6) is -1.42. The standard InChI is InChI=1S/C18H19F3N4O3S/c1-3-13(15(26)24-12-8-6-5-7-11(12)18(19,20)21)29-17-23-9-10(14(22)25-17)16(27)28-4-2/h5-9,13H,3-4H2,1-2H3,(H,24,26)(H2,22,23,25). The highest BCUT2D eigenvalue weighted by Crippen LogP contribution is 2.35. The number of alkyl halides is 3. The number of ether oxygens (including phenoxy) is 1. The summed E-state index contributed by atoms with van der Waals surface area (Å²) in [7, 11) is 0. The number of para-hydroxylation sites is 1. The van der Waals surface area contributed by atoms with Gasteiger partial charge in [-0.25, -0.2) is 14.8 Å². The molecule has 0 bridgehead atoms. The first-order chi connectivity index (χ1) is 13.7. The number of benzene rings is 1. The van der Waals surface area contributed by atoms with Crippen LogP contribution in [0, 0.1) is 0 Å². The van der Waals surface area contributed by atoms with Crippen LogP contribution in [0.2, 0.25) is 0 Å². The van der Waals surface area contributed by atoms with Crippen molar-refractivity contribution in [1.29, 1.82) is 0 Å². The molecule has 2 aromatic rings. The second-order valence-electron chi connectivity index (χ2n) is 5.72. The van der Waals surface area contributed by atoms with Crippen LogP contribution in [0.5, 0.6) is 0 Å². The van der Waals surface area contributed by atoms with Crippen LogP contribution < -0.4 is 11.1 Å². The summed E-state index contributed by atoms with van der Waals surface area (Å²) in [6.45, 7) is 3.50. The Morgan fingerprint density at radius 3 is 2.55 bits per heavy atom. The van der Waals surface area contributed by atoms with Crippen LogP contribution in [0.25, 0.3) is 0 Å². The Morgan fingerprint density at radius 1 is 1.28 bits per heavy atom. The predicted octanol–water partition coefficient (Wildman–Crippen LogP) is 3.76. The molecule has 1 aromatic heterocycles. The molecule has 1 amide bonds. The molecule has 29 heavy (non-hydrogen) atoms. The smallest absolute Gasteiger partial charge is 0.418 e. The average molecular weight is 428 g/mol. The Hall–Kier alpha value is -2.82. The van der Waals surface area contributed by atoms with E-state index in [9.17, 15) is 22.8 Å². The molecule has 0 spiro atoms. The van der Waals surface area contributed by atoms with Crippen LogP contribution in [0.4, 0.5) is 24.7 Å². The number of amides is 1. The van der Waals surface area contributed by atoms with Gasteiger partial charge in [-0.05, 0) is 25.5 Å². The summed E-state index contributed by atoms with van der Waals surface area (Å²) < 4.78 is 44.1. The van der Waals surface area contributed by atoms with E-state index in [0.717, 1.165) is 17.8 Å². The molecule has 1 unspecified atom stereocenters. The molecule has 0 aliphatic heterocycles. The lowest BCUT2D eigenvalue weighted by Gasteiger charge is -2.17. The fourth-order valence-corrected chi connectivity index (χ4v) is 3.15. The molecule has 2 rings (SSSR count). The number of carbonyl (C=O) groups excluding carboxylic acids is 2. The molecule has 0 saturated carbocycles. The normalized spacial score (nSPS) is 12.3. The number of nitrogens with one attached hydrogen (secondary N) is 1. The lowest BCUT2D eigenvalue weighted by molar-refractivity contribution is -0.137. The molecule has 0 saturated heterocycles. The third-order valence-corrected chi connectivity index (χ3v) is 4.93. The number of nitrogen functional groups attached to an aromatic ring is 1. The molecule has 0 aliphatic carbocycles. The average Bonchev–Trinajstić information content (AvgIpc) is 2.65. The highest BCUT2D eigenvalue weighted by atomic mass is 32.2. The van der Waals surface area contributed by atoms with Crippen molar-refractivity contribution in [3.63, 3.8) is 0 Å². The van der Waals surface area contributed by atoms with Crippen LogP contribution in [0.15, 0.2) is 35.6 Å². The van der Waals surface area contributed by atoms with Crippen molar-refractivity contribution in [2.45, 2.75) is 36.9 Å². The van der Waals surface area contributed by atoms with Crippen molar-refractivity contribution < 1.29 is 27.5 Å². The van der Waals surface area contributed by atoms with E-state index in [-0.39, 0.29) is 28.8 Å². The van der Waals surface area contributed by atoms with Crippen molar-refractivity contribution >= 4 is 35.1 Å². The minimum Gasteiger partial charge on any atom is -0.462 e. The number of anilines is 2. The minimum atomic E-state index is -4.60. The Balaban J connectivity index is 2.16. The van der Waals surface area contributed by atoms with Crippen molar-refractivity contribution in [3.05, 3.63) is 41.6 Å². The molecule has 156 valence electrons. The lowest BCUT2D eigenvalue weighted by Crippen LogP contribution is -2.26. The zero-order valence-electron chi connectivity index (χ0n) is 15.6. The number of halogens is 3. The van der Waals surface area contributed by atoms with Gasteiger partial charge in [0.1, 0.15) is 11.4 Å². The number of hydrogen-bond donors (Lipinski definition) is 2. The van der Waals surface area contributed by atoms with E-state index in [1.165, 1.54) is 24.4 Å². The van der Waals surface area contributed by atoms with Gasteiger partial charge in [0, 0.05) is 6.20 Å². The number of nitrogens with zero attached hydrogens (tertiary/aromatic N) is 2. The maximum atomic E-state index is 13.1. The first-order valence-corrected chi connectivity index (χ1v) is 9.48. The number of nitrogens with two attached hydrogens (primary N) is 1. The first-order valence-electron chi connectivity index (χ1n) is 8.60. The highest BCUT2D eigenvalue weighted by Gasteiger charge is 2.34. The monoisotopic (exact) mass is 428 g/mol. The summed E-state index contributed by atoms with van der Waals surface area (Å²) in [5, 5.41) is 1.65. The minimum absolute atomic E-state index is 0.00666. The largest absolute Gasteiger partial charge is 0.462 e. The Labute approximate surface area is 169 Å². The van der Waals surface area contributed by atoms with Crippen molar-refractivity contribution in [2.75, 3.05) is 17.7 Å². The van der Waals surface area contributed by atoms with Crippen LogP contribution in [-0.4, -0.2) is 33.7 Å². The van der Waals surface area contributed by atoms with E-state index in [1.807, 2.05) is 0 Å². The molecule has 0 radical (unpaired) electrons. The van der Waals surface area contributed by atoms with Gasteiger partial charge in [0.15, 0.2) is 5.16 Å².